The third-order valence-corrected chi connectivity index (χ3v) is 4.69. The van der Waals surface area contributed by atoms with Crippen LogP contribution in [0.25, 0.3) is 0 Å². The maximum atomic E-state index is 12.2. The fraction of sp³-hybridized carbons (Fsp3) is 0.611. The number of methoxy groups -OCH3 is 1. The van der Waals surface area contributed by atoms with Crippen molar-refractivity contribution in [3.63, 3.8) is 0 Å². The molecule has 3 atom stereocenters. The lowest BCUT2D eigenvalue weighted by atomic mass is 9.82. The van der Waals surface area contributed by atoms with Crippen LogP contribution in [0.1, 0.15) is 43.7 Å². The highest BCUT2D eigenvalue weighted by atomic mass is 16.5. The maximum Gasteiger partial charge on any atom is 0.325 e. The van der Waals surface area contributed by atoms with Crippen molar-refractivity contribution < 1.29 is 19.7 Å². The van der Waals surface area contributed by atoms with Crippen LogP contribution in [-0.2, 0) is 9.53 Å². The molecule has 1 aromatic carbocycles. The first kappa shape index (κ1) is 17.9. The van der Waals surface area contributed by atoms with Gasteiger partial charge in [-0.3, -0.25) is 10.1 Å². The van der Waals surface area contributed by atoms with Crippen LogP contribution in [0.15, 0.2) is 30.3 Å². The van der Waals surface area contributed by atoms with Gasteiger partial charge >= 0.3 is 5.97 Å². The Morgan fingerprint density at radius 3 is 2.48 bits per heavy atom. The van der Waals surface area contributed by atoms with E-state index in [9.17, 15) is 15.0 Å². The molecule has 3 N–H and O–H groups in total. The number of benzene rings is 1. The monoisotopic (exact) mass is 321 g/mol. The van der Waals surface area contributed by atoms with Gasteiger partial charge in [-0.25, -0.2) is 0 Å². The van der Waals surface area contributed by atoms with E-state index in [1.807, 2.05) is 30.3 Å². The summed E-state index contributed by atoms with van der Waals surface area (Å²) in [5.74, 6) is -0.395. The quantitative estimate of drug-likeness (QED) is 0.667. The van der Waals surface area contributed by atoms with Crippen LogP contribution in [0, 0.1) is 5.92 Å². The van der Waals surface area contributed by atoms with Crippen molar-refractivity contribution in [3.05, 3.63) is 35.9 Å². The Bertz CT molecular complexity index is 473. The number of rotatable bonds is 7. The average Bonchev–Trinajstić information content (AvgIpc) is 2.63. The molecule has 1 aliphatic carbocycles. The number of ether oxygens (including phenoxy) is 1. The summed E-state index contributed by atoms with van der Waals surface area (Å²) < 4.78 is 4.86. The molecule has 1 saturated carbocycles. The van der Waals surface area contributed by atoms with E-state index in [0.717, 1.165) is 31.2 Å². The topological polar surface area (TPSA) is 78.8 Å². The van der Waals surface area contributed by atoms with E-state index in [-0.39, 0.29) is 12.5 Å². The van der Waals surface area contributed by atoms with Crippen LogP contribution in [0.2, 0.25) is 0 Å². The molecule has 1 aliphatic rings. The Balaban J connectivity index is 2.12. The van der Waals surface area contributed by atoms with Crippen LogP contribution < -0.4 is 5.32 Å². The molecular weight excluding hydrogens is 294 g/mol. The second kappa shape index (κ2) is 9.01. The SMILES string of the molecule is COC(=O)[C@@H](N[C@H](CO)c1ccccc1)[C@H](O)C1CCCCC1. The largest absolute Gasteiger partial charge is 0.468 e. The van der Waals surface area contributed by atoms with Crippen LogP contribution in [0.3, 0.4) is 0 Å². The highest BCUT2D eigenvalue weighted by Crippen LogP contribution is 2.28. The van der Waals surface area contributed by atoms with Gasteiger partial charge in [-0.2, -0.15) is 0 Å². The summed E-state index contributed by atoms with van der Waals surface area (Å²) in [6.45, 7) is -0.158. The summed E-state index contributed by atoms with van der Waals surface area (Å²) >= 11 is 0. The molecule has 0 aliphatic heterocycles. The second-order valence-corrected chi connectivity index (χ2v) is 6.20. The summed E-state index contributed by atoms with van der Waals surface area (Å²) in [5.41, 5.74) is 0.875. The van der Waals surface area contributed by atoms with Crippen molar-refractivity contribution in [2.75, 3.05) is 13.7 Å². The molecule has 0 spiro atoms. The van der Waals surface area contributed by atoms with Gasteiger partial charge < -0.3 is 14.9 Å². The number of esters is 1. The number of carbonyl (C=O) groups excluding carboxylic acids is 1. The molecule has 0 unspecified atom stereocenters. The molecule has 0 aromatic heterocycles. The van der Waals surface area contributed by atoms with Gasteiger partial charge in [-0.1, -0.05) is 49.6 Å². The van der Waals surface area contributed by atoms with Gasteiger partial charge in [0.25, 0.3) is 0 Å². The highest BCUT2D eigenvalue weighted by Gasteiger charge is 2.35. The predicted octanol–water partition coefficient (Wildman–Crippen LogP) is 1.79. The van der Waals surface area contributed by atoms with E-state index >= 15 is 0 Å². The van der Waals surface area contributed by atoms with Gasteiger partial charge in [0.05, 0.1) is 25.9 Å². The number of carbonyl (C=O) groups is 1. The van der Waals surface area contributed by atoms with Crippen molar-refractivity contribution in [2.24, 2.45) is 5.92 Å². The zero-order valence-electron chi connectivity index (χ0n) is 13.6. The smallest absolute Gasteiger partial charge is 0.325 e. The summed E-state index contributed by atoms with van der Waals surface area (Å²) in [6, 6.07) is 8.17. The molecule has 2 rings (SSSR count). The Labute approximate surface area is 137 Å². The highest BCUT2D eigenvalue weighted by molar-refractivity contribution is 5.76. The summed E-state index contributed by atoms with van der Waals surface area (Å²) in [5, 5.41) is 23.5. The first-order chi connectivity index (χ1) is 11.2. The molecule has 128 valence electrons. The minimum atomic E-state index is -0.833. The van der Waals surface area contributed by atoms with Crippen molar-refractivity contribution in [1.29, 1.82) is 0 Å². The Kier molecular flexibility index (Phi) is 7.02. The van der Waals surface area contributed by atoms with Gasteiger partial charge in [-0.15, -0.1) is 0 Å². The second-order valence-electron chi connectivity index (χ2n) is 6.20. The summed E-state index contributed by atoms with van der Waals surface area (Å²) in [6.07, 6.45) is 4.38. The fourth-order valence-corrected chi connectivity index (χ4v) is 3.34. The molecule has 5 nitrogen and oxygen atoms in total. The summed E-state index contributed by atoms with van der Waals surface area (Å²) in [7, 11) is 1.32. The molecule has 0 heterocycles. The number of aliphatic hydroxyl groups is 2. The zero-order valence-corrected chi connectivity index (χ0v) is 13.6. The molecule has 0 bridgehead atoms. The van der Waals surface area contributed by atoms with E-state index in [0.29, 0.717) is 0 Å². The zero-order chi connectivity index (χ0) is 16.7. The molecule has 0 amide bonds. The van der Waals surface area contributed by atoms with Gasteiger partial charge in [0.15, 0.2) is 0 Å². The van der Waals surface area contributed by atoms with Crippen LogP contribution >= 0.6 is 0 Å². The van der Waals surface area contributed by atoms with Gasteiger partial charge in [0, 0.05) is 0 Å². The van der Waals surface area contributed by atoms with Crippen molar-refractivity contribution in [1.82, 2.24) is 5.32 Å². The molecular formula is C18H27NO4. The maximum absolute atomic E-state index is 12.2. The molecule has 0 radical (unpaired) electrons. The van der Waals surface area contributed by atoms with Gasteiger partial charge in [0.1, 0.15) is 6.04 Å². The van der Waals surface area contributed by atoms with E-state index in [1.165, 1.54) is 13.5 Å². The first-order valence-electron chi connectivity index (χ1n) is 8.35. The molecule has 1 aromatic rings. The minimum Gasteiger partial charge on any atom is -0.468 e. The first-order valence-corrected chi connectivity index (χ1v) is 8.35. The Hall–Kier alpha value is -1.43. The lowest BCUT2D eigenvalue weighted by molar-refractivity contribution is -0.148. The van der Waals surface area contributed by atoms with E-state index in [2.05, 4.69) is 5.32 Å². The average molecular weight is 321 g/mol. The Morgan fingerprint density at radius 1 is 1.26 bits per heavy atom. The number of nitrogens with one attached hydrogen (secondary N) is 1. The molecule has 0 saturated heterocycles. The van der Waals surface area contributed by atoms with Crippen molar-refractivity contribution >= 4 is 5.97 Å². The Morgan fingerprint density at radius 2 is 1.91 bits per heavy atom. The van der Waals surface area contributed by atoms with Crippen LogP contribution in [-0.4, -0.2) is 42.0 Å². The lowest BCUT2D eigenvalue weighted by Crippen LogP contribution is -2.51. The number of hydrogen-bond acceptors (Lipinski definition) is 5. The van der Waals surface area contributed by atoms with E-state index in [1.54, 1.807) is 0 Å². The van der Waals surface area contributed by atoms with E-state index < -0.39 is 24.2 Å². The van der Waals surface area contributed by atoms with Crippen LogP contribution in [0.4, 0.5) is 0 Å². The standard InChI is InChI=1S/C18H27NO4/c1-23-18(22)16(17(21)14-10-6-3-7-11-14)19-15(12-20)13-8-4-2-5-9-13/h2,4-5,8-9,14-17,19-21H,3,6-7,10-12H2,1H3/t15-,16+,17-/m1/s1. The van der Waals surface area contributed by atoms with E-state index in [4.69, 9.17) is 4.74 Å². The lowest BCUT2D eigenvalue weighted by Gasteiger charge is -2.33. The third-order valence-electron chi connectivity index (χ3n) is 4.69. The van der Waals surface area contributed by atoms with Crippen LogP contribution in [0.5, 0.6) is 0 Å². The normalized spacial score (nSPS) is 19.8. The molecule has 23 heavy (non-hydrogen) atoms. The van der Waals surface area contributed by atoms with Crippen molar-refractivity contribution in [2.45, 2.75) is 50.3 Å². The third kappa shape index (κ3) is 4.77. The minimum absolute atomic E-state index is 0.0930. The van der Waals surface area contributed by atoms with Gasteiger partial charge in [0.2, 0.25) is 0 Å². The summed E-state index contributed by atoms with van der Waals surface area (Å²) in [4.78, 5) is 12.2. The fourth-order valence-electron chi connectivity index (χ4n) is 3.34. The number of aliphatic hydroxyl groups excluding tert-OH is 2. The molecule has 1 fully saturated rings. The predicted molar refractivity (Wildman–Crippen MR) is 87.8 cm³/mol. The van der Waals surface area contributed by atoms with Gasteiger partial charge in [-0.05, 0) is 24.3 Å². The van der Waals surface area contributed by atoms with Crippen molar-refractivity contribution in [3.8, 4) is 0 Å². The molecule has 5 heteroatoms. The number of hydrogen-bond donors (Lipinski definition) is 3.